The van der Waals surface area contributed by atoms with Crippen LogP contribution in [-0.4, -0.2) is 26.1 Å². The van der Waals surface area contributed by atoms with E-state index < -0.39 is 0 Å². The first kappa shape index (κ1) is 18.7. The highest BCUT2D eigenvalue weighted by Gasteiger charge is 2.16. The Balaban J connectivity index is 2.02. The van der Waals surface area contributed by atoms with Gasteiger partial charge in [-0.3, -0.25) is 4.79 Å². The van der Waals surface area contributed by atoms with Crippen molar-refractivity contribution < 1.29 is 14.4 Å². The summed E-state index contributed by atoms with van der Waals surface area (Å²) in [5, 5.41) is 2.96. The maximum Gasteiger partial charge on any atom is 0.279 e. The second kappa shape index (κ2) is 9.01. The van der Waals surface area contributed by atoms with Crippen LogP contribution in [0.25, 0.3) is 0 Å². The number of carbonyl (C=O) groups excluding carboxylic acids is 1. The number of hydrogen-bond acceptors (Lipinski definition) is 3. The molecule has 4 nitrogen and oxygen atoms in total. The normalized spacial score (nSPS) is 11.8. The number of benzene rings is 1. The van der Waals surface area contributed by atoms with Gasteiger partial charge in [-0.1, -0.05) is 12.6 Å². The van der Waals surface area contributed by atoms with Gasteiger partial charge in [-0.15, -0.1) is 11.3 Å². The van der Waals surface area contributed by atoms with Crippen LogP contribution in [0, 0.1) is 6.92 Å². The van der Waals surface area contributed by atoms with Crippen LogP contribution in [0.5, 0.6) is 5.75 Å². The van der Waals surface area contributed by atoms with Crippen LogP contribution >= 0.6 is 27.3 Å². The Bertz CT molecular complexity index is 715. The van der Waals surface area contributed by atoms with Crippen molar-refractivity contribution >= 4 is 38.9 Å². The topological polar surface area (TPSA) is 42.8 Å². The number of methoxy groups -OCH3 is 1. The molecule has 2 aromatic rings. The quantitative estimate of drug-likeness (QED) is 0.657. The molecule has 1 atom stereocenters. The van der Waals surface area contributed by atoms with Crippen LogP contribution in [0.3, 0.4) is 0 Å². The van der Waals surface area contributed by atoms with Gasteiger partial charge in [0.2, 0.25) is 0 Å². The van der Waals surface area contributed by atoms with Gasteiger partial charge in [0.15, 0.2) is 6.54 Å². The van der Waals surface area contributed by atoms with E-state index in [0.29, 0.717) is 18.0 Å². The summed E-state index contributed by atoms with van der Waals surface area (Å²) >= 11 is 5.17. The number of hydrogen-bond donors (Lipinski definition) is 2. The van der Waals surface area contributed by atoms with Crippen molar-refractivity contribution in [3.05, 3.63) is 57.2 Å². The van der Waals surface area contributed by atoms with Crippen molar-refractivity contribution in [1.82, 2.24) is 0 Å². The number of anilines is 1. The van der Waals surface area contributed by atoms with E-state index in [2.05, 4.69) is 33.9 Å². The number of aryl methyl sites for hydroxylation is 1. The van der Waals surface area contributed by atoms with Crippen molar-refractivity contribution in [3.8, 4) is 5.75 Å². The molecule has 0 aliphatic carbocycles. The zero-order valence-corrected chi connectivity index (χ0v) is 16.3. The molecule has 0 radical (unpaired) electrons. The van der Waals surface area contributed by atoms with Crippen LogP contribution in [0.1, 0.15) is 10.4 Å². The number of ether oxygens (including phenoxy) is 1. The van der Waals surface area contributed by atoms with E-state index in [1.54, 1.807) is 18.4 Å². The fourth-order valence-corrected chi connectivity index (χ4v) is 4.00. The number of carbonyl (C=O) groups is 1. The van der Waals surface area contributed by atoms with E-state index in [-0.39, 0.29) is 5.91 Å². The largest absolute Gasteiger partial charge is 0.495 e. The third-order valence-electron chi connectivity index (χ3n) is 3.53. The van der Waals surface area contributed by atoms with Gasteiger partial charge in [-0.05, 0) is 58.8 Å². The van der Waals surface area contributed by atoms with E-state index in [4.69, 9.17) is 4.74 Å². The Kier molecular flexibility index (Phi) is 7.02. The lowest BCUT2D eigenvalue weighted by atomic mass is 10.2. The fourth-order valence-electron chi connectivity index (χ4n) is 2.45. The van der Waals surface area contributed by atoms with Gasteiger partial charge in [0.25, 0.3) is 5.91 Å². The number of halogens is 1. The molecule has 1 unspecified atom stereocenters. The first-order valence-corrected chi connectivity index (χ1v) is 9.26. The Labute approximate surface area is 155 Å². The monoisotopic (exact) mass is 409 g/mol. The first-order valence-electron chi connectivity index (χ1n) is 7.65. The summed E-state index contributed by atoms with van der Waals surface area (Å²) in [6, 6.07) is 9.85. The molecule has 1 heterocycles. The summed E-state index contributed by atoms with van der Waals surface area (Å²) in [5.41, 5.74) is 1.78. The lowest BCUT2D eigenvalue weighted by molar-refractivity contribution is -0.899. The van der Waals surface area contributed by atoms with Crippen molar-refractivity contribution in [2.45, 2.75) is 13.5 Å². The lowest BCUT2D eigenvalue weighted by Crippen LogP contribution is -3.11. The number of nitrogens with one attached hydrogen (secondary N) is 2. The molecule has 0 fully saturated rings. The molecule has 1 aromatic heterocycles. The minimum Gasteiger partial charge on any atom is -0.495 e. The zero-order chi connectivity index (χ0) is 17.5. The van der Waals surface area contributed by atoms with E-state index in [9.17, 15) is 4.79 Å². The third kappa shape index (κ3) is 5.47. The number of amides is 1. The van der Waals surface area contributed by atoms with Gasteiger partial charge in [0, 0.05) is 0 Å². The Morgan fingerprint density at radius 2 is 2.21 bits per heavy atom. The molecule has 6 heteroatoms. The summed E-state index contributed by atoms with van der Waals surface area (Å²) in [7, 11) is 1.60. The number of thiophene rings is 1. The summed E-state index contributed by atoms with van der Waals surface area (Å²) in [6.07, 6.45) is 1.85. The van der Waals surface area contributed by atoms with E-state index in [0.717, 1.165) is 27.3 Å². The van der Waals surface area contributed by atoms with Gasteiger partial charge in [0.05, 0.1) is 28.0 Å². The maximum absolute atomic E-state index is 12.4. The molecular formula is C18H22BrN2O2S+. The lowest BCUT2D eigenvalue weighted by Gasteiger charge is -2.17. The standard InChI is InChI=1S/C18H21BrN2O2S/c1-4-9-21(11-14-6-8-17(19)24-14)12-18(22)20-15-10-13(2)5-7-16(15)23-3/h4-8,10H,1,9,11-12H2,2-3H3,(H,20,22)/p+1. The average Bonchev–Trinajstić information content (AvgIpc) is 2.92. The molecule has 128 valence electrons. The van der Waals surface area contributed by atoms with Crippen molar-refractivity contribution in [2.24, 2.45) is 0 Å². The van der Waals surface area contributed by atoms with Crippen LogP contribution in [0.4, 0.5) is 5.69 Å². The minimum atomic E-state index is -0.0358. The SMILES string of the molecule is C=CC[NH+](CC(=O)Nc1cc(C)ccc1OC)Cc1ccc(Br)s1. The van der Waals surface area contributed by atoms with Gasteiger partial charge in [-0.2, -0.15) is 0 Å². The van der Waals surface area contributed by atoms with Gasteiger partial charge >= 0.3 is 0 Å². The van der Waals surface area contributed by atoms with Crippen molar-refractivity contribution in [3.63, 3.8) is 0 Å². The van der Waals surface area contributed by atoms with Crippen LogP contribution in [0.15, 0.2) is 46.8 Å². The molecule has 0 aliphatic rings. The molecule has 24 heavy (non-hydrogen) atoms. The number of rotatable bonds is 8. The second-order valence-corrected chi connectivity index (χ2v) is 8.10. The van der Waals surface area contributed by atoms with Crippen molar-refractivity contribution in [2.75, 3.05) is 25.5 Å². The molecule has 0 spiro atoms. The number of quaternary nitrogens is 1. The Morgan fingerprint density at radius 1 is 1.42 bits per heavy atom. The van der Waals surface area contributed by atoms with E-state index in [1.165, 1.54) is 4.88 Å². The molecular weight excluding hydrogens is 388 g/mol. The molecule has 2 N–H and O–H groups in total. The molecule has 0 saturated carbocycles. The molecule has 1 amide bonds. The summed E-state index contributed by atoms with van der Waals surface area (Å²) in [5.74, 6) is 0.632. The van der Waals surface area contributed by atoms with Crippen LogP contribution in [-0.2, 0) is 11.3 Å². The van der Waals surface area contributed by atoms with E-state index in [1.807, 2.05) is 37.3 Å². The minimum absolute atomic E-state index is 0.0358. The highest BCUT2D eigenvalue weighted by atomic mass is 79.9. The Hall–Kier alpha value is -1.63. The first-order chi connectivity index (χ1) is 11.5. The van der Waals surface area contributed by atoms with E-state index >= 15 is 0 Å². The van der Waals surface area contributed by atoms with Crippen LogP contribution < -0.4 is 15.0 Å². The van der Waals surface area contributed by atoms with Gasteiger partial charge in [0.1, 0.15) is 12.3 Å². The summed E-state index contributed by atoms with van der Waals surface area (Å²) < 4.78 is 6.41. The molecule has 0 aliphatic heterocycles. The van der Waals surface area contributed by atoms with Gasteiger partial charge < -0.3 is 15.0 Å². The highest BCUT2D eigenvalue weighted by Crippen LogP contribution is 2.25. The van der Waals surface area contributed by atoms with Gasteiger partial charge in [-0.25, -0.2) is 0 Å². The molecule has 2 rings (SSSR count). The fraction of sp³-hybridized carbons (Fsp3) is 0.278. The predicted octanol–water partition coefficient (Wildman–Crippen LogP) is 3.04. The maximum atomic E-state index is 12.4. The van der Waals surface area contributed by atoms with Crippen molar-refractivity contribution in [1.29, 1.82) is 0 Å². The molecule has 1 aromatic carbocycles. The summed E-state index contributed by atoms with van der Waals surface area (Å²) in [6.45, 7) is 7.68. The average molecular weight is 410 g/mol. The summed E-state index contributed by atoms with van der Waals surface area (Å²) in [4.78, 5) is 14.8. The zero-order valence-electron chi connectivity index (χ0n) is 13.9. The van der Waals surface area contributed by atoms with Crippen LogP contribution in [0.2, 0.25) is 0 Å². The third-order valence-corrected chi connectivity index (χ3v) is 5.15. The second-order valence-electron chi connectivity index (χ2n) is 5.55. The predicted molar refractivity (Wildman–Crippen MR) is 103 cm³/mol. The molecule has 0 saturated heterocycles. The highest BCUT2D eigenvalue weighted by molar-refractivity contribution is 9.11. The smallest absolute Gasteiger partial charge is 0.279 e. The Morgan fingerprint density at radius 3 is 2.83 bits per heavy atom. The molecule has 0 bridgehead atoms.